The van der Waals surface area contributed by atoms with E-state index in [4.69, 9.17) is 15.9 Å². The second-order valence-electron chi connectivity index (χ2n) is 7.12. The van der Waals surface area contributed by atoms with Crippen molar-refractivity contribution in [2.24, 2.45) is 11.7 Å². The number of benzene rings is 1. The highest BCUT2D eigenvalue weighted by Crippen LogP contribution is 2.19. The van der Waals surface area contributed by atoms with E-state index < -0.39 is 42.5 Å². The summed E-state index contributed by atoms with van der Waals surface area (Å²) in [5, 5.41) is 24.0. The predicted octanol–water partition coefficient (Wildman–Crippen LogP) is 0.130. The van der Waals surface area contributed by atoms with Gasteiger partial charge in [0.2, 0.25) is 11.8 Å². The van der Waals surface area contributed by atoms with Gasteiger partial charge < -0.3 is 31.6 Å². The number of fused-ring (bicyclic) bond motifs is 1. The van der Waals surface area contributed by atoms with Crippen LogP contribution in [-0.2, 0) is 20.8 Å². The lowest BCUT2D eigenvalue weighted by molar-refractivity contribution is -0.143. The number of para-hydroxylation sites is 1. The summed E-state index contributed by atoms with van der Waals surface area (Å²) in [5.74, 6) is -2.79. The highest BCUT2D eigenvalue weighted by atomic mass is 16.4. The van der Waals surface area contributed by atoms with E-state index in [-0.39, 0.29) is 12.3 Å². The van der Waals surface area contributed by atoms with Crippen LogP contribution in [0.25, 0.3) is 10.9 Å². The maximum absolute atomic E-state index is 12.6. The normalized spacial score (nSPS) is 15.3. The molecule has 1 aromatic carbocycles. The number of aromatic amines is 1. The molecule has 0 unspecified atom stereocenters. The number of carboxylic acid groups (broad SMARTS) is 1. The van der Waals surface area contributed by atoms with Crippen LogP contribution in [0.5, 0.6) is 0 Å². The van der Waals surface area contributed by atoms with E-state index in [1.165, 1.54) is 0 Å². The summed E-state index contributed by atoms with van der Waals surface area (Å²) in [6.07, 6.45) is 2.65. The van der Waals surface area contributed by atoms with Crippen LogP contribution in [0, 0.1) is 5.92 Å². The maximum Gasteiger partial charge on any atom is 0.328 e. The number of aromatic nitrogens is 1. The Hall–Kier alpha value is -2.91. The fourth-order valence-corrected chi connectivity index (χ4v) is 3.04. The summed E-state index contributed by atoms with van der Waals surface area (Å²) in [4.78, 5) is 39.3. The molecule has 0 saturated carbocycles. The third kappa shape index (κ3) is 5.55. The molecule has 0 saturated heterocycles. The third-order valence-corrected chi connectivity index (χ3v) is 5.04. The number of carbonyl (C=O) groups is 3. The molecule has 1 aromatic heterocycles. The molecule has 0 radical (unpaired) electrons. The van der Waals surface area contributed by atoms with Gasteiger partial charge in [0.15, 0.2) is 0 Å². The Morgan fingerprint density at radius 3 is 2.48 bits per heavy atom. The molecule has 0 aliphatic carbocycles. The number of rotatable bonds is 10. The number of amides is 2. The molecular formula is C20H28N4O5. The van der Waals surface area contributed by atoms with Gasteiger partial charge in [0.05, 0.1) is 12.6 Å². The SMILES string of the molecule is CC[C@H](C)[C@H](NC(=O)[C@@H](N)Cc1c[nH]c2ccccc12)C(=O)N[C@@H](CO)C(=O)O. The van der Waals surface area contributed by atoms with Gasteiger partial charge in [0, 0.05) is 17.1 Å². The number of aliphatic hydroxyl groups excluding tert-OH is 1. The summed E-state index contributed by atoms with van der Waals surface area (Å²) in [5.41, 5.74) is 7.90. The van der Waals surface area contributed by atoms with Crippen LogP contribution in [0.1, 0.15) is 25.8 Å². The monoisotopic (exact) mass is 404 g/mol. The van der Waals surface area contributed by atoms with Gasteiger partial charge in [0.1, 0.15) is 12.1 Å². The second kappa shape index (κ2) is 10.0. The highest BCUT2D eigenvalue weighted by Gasteiger charge is 2.30. The van der Waals surface area contributed by atoms with Crippen LogP contribution in [0.3, 0.4) is 0 Å². The predicted molar refractivity (Wildman–Crippen MR) is 108 cm³/mol. The first-order valence-corrected chi connectivity index (χ1v) is 9.53. The topological polar surface area (TPSA) is 158 Å². The van der Waals surface area contributed by atoms with Crippen molar-refractivity contribution in [2.45, 2.75) is 44.8 Å². The quantitative estimate of drug-likeness (QED) is 0.330. The van der Waals surface area contributed by atoms with Crippen LogP contribution in [0.4, 0.5) is 0 Å². The molecule has 29 heavy (non-hydrogen) atoms. The van der Waals surface area contributed by atoms with Crippen LogP contribution in [0.15, 0.2) is 30.5 Å². The molecule has 2 amide bonds. The average Bonchev–Trinajstić information content (AvgIpc) is 3.11. The van der Waals surface area contributed by atoms with Crippen molar-refractivity contribution in [3.05, 3.63) is 36.0 Å². The number of aliphatic hydroxyl groups is 1. The molecule has 0 aliphatic heterocycles. The Balaban J connectivity index is 2.08. The number of H-pyrrole nitrogens is 1. The highest BCUT2D eigenvalue weighted by molar-refractivity contribution is 5.92. The standard InChI is InChI=1S/C20H28N4O5/c1-3-11(2)17(19(27)23-16(10-25)20(28)29)24-18(26)14(21)8-12-9-22-15-7-5-4-6-13(12)15/h4-7,9,11,14,16-17,22,25H,3,8,10,21H2,1-2H3,(H,23,27)(H,24,26)(H,28,29)/t11-,14-,16-,17-/m0/s1. The lowest BCUT2D eigenvalue weighted by Crippen LogP contribution is -2.57. The molecule has 0 fully saturated rings. The molecule has 158 valence electrons. The van der Waals surface area contributed by atoms with Crippen molar-refractivity contribution in [2.75, 3.05) is 6.61 Å². The van der Waals surface area contributed by atoms with Crippen LogP contribution in [0.2, 0.25) is 0 Å². The molecule has 0 spiro atoms. The lowest BCUT2D eigenvalue weighted by Gasteiger charge is -2.26. The third-order valence-electron chi connectivity index (χ3n) is 5.04. The van der Waals surface area contributed by atoms with Crippen molar-refractivity contribution in [1.82, 2.24) is 15.6 Å². The molecule has 0 bridgehead atoms. The molecular weight excluding hydrogens is 376 g/mol. The Morgan fingerprint density at radius 1 is 1.17 bits per heavy atom. The van der Waals surface area contributed by atoms with E-state index in [1.54, 1.807) is 13.1 Å². The molecule has 7 N–H and O–H groups in total. The Morgan fingerprint density at radius 2 is 1.86 bits per heavy atom. The van der Waals surface area contributed by atoms with E-state index >= 15 is 0 Å². The van der Waals surface area contributed by atoms with Crippen molar-refractivity contribution in [3.63, 3.8) is 0 Å². The second-order valence-corrected chi connectivity index (χ2v) is 7.12. The zero-order valence-electron chi connectivity index (χ0n) is 16.5. The van der Waals surface area contributed by atoms with Crippen molar-refractivity contribution >= 4 is 28.7 Å². The van der Waals surface area contributed by atoms with Gasteiger partial charge in [-0.15, -0.1) is 0 Å². The van der Waals surface area contributed by atoms with Gasteiger partial charge in [-0.25, -0.2) is 4.79 Å². The average molecular weight is 404 g/mol. The minimum absolute atomic E-state index is 0.257. The molecule has 2 aromatic rings. The van der Waals surface area contributed by atoms with Crippen molar-refractivity contribution in [3.8, 4) is 0 Å². The fraction of sp³-hybridized carbons (Fsp3) is 0.450. The van der Waals surface area contributed by atoms with Crippen molar-refractivity contribution < 1.29 is 24.6 Å². The molecule has 9 heteroatoms. The van der Waals surface area contributed by atoms with Crippen LogP contribution in [-0.4, -0.2) is 57.7 Å². The summed E-state index contributed by atoms with van der Waals surface area (Å²) < 4.78 is 0. The van der Waals surface area contributed by atoms with E-state index in [2.05, 4.69) is 15.6 Å². The van der Waals surface area contributed by atoms with E-state index in [1.807, 2.05) is 31.2 Å². The Labute approximate surface area is 168 Å². The first kappa shape index (κ1) is 22.4. The molecule has 9 nitrogen and oxygen atoms in total. The van der Waals surface area contributed by atoms with Gasteiger partial charge in [0.25, 0.3) is 0 Å². The number of nitrogens with one attached hydrogen (secondary N) is 3. The van der Waals surface area contributed by atoms with Gasteiger partial charge in [-0.2, -0.15) is 0 Å². The fourth-order valence-electron chi connectivity index (χ4n) is 3.04. The van der Waals surface area contributed by atoms with Gasteiger partial charge >= 0.3 is 5.97 Å². The molecule has 2 rings (SSSR count). The minimum atomic E-state index is -1.44. The van der Waals surface area contributed by atoms with Crippen LogP contribution >= 0.6 is 0 Å². The lowest BCUT2D eigenvalue weighted by atomic mass is 9.97. The number of carbonyl (C=O) groups excluding carboxylic acids is 2. The first-order chi connectivity index (χ1) is 13.8. The Bertz CT molecular complexity index is 865. The first-order valence-electron chi connectivity index (χ1n) is 9.53. The van der Waals surface area contributed by atoms with E-state index in [0.29, 0.717) is 6.42 Å². The smallest absolute Gasteiger partial charge is 0.328 e. The summed E-state index contributed by atoms with van der Waals surface area (Å²) in [7, 11) is 0. The largest absolute Gasteiger partial charge is 0.480 e. The molecule has 4 atom stereocenters. The van der Waals surface area contributed by atoms with E-state index in [0.717, 1.165) is 16.5 Å². The number of hydrogen-bond acceptors (Lipinski definition) is 5. The number of hydrogen-bond donors (Lipinski definition) is 6. The minimum Gasteiger partial charge on any atom is -0.480 e. The van der Waals surface area contributed by atoms with Crippen LogP contribution < -0.4 is 16.4 Å². The number of aliphatic carboxylic acids is 1. The maximum atomic E-state index is 12.6. The Kier molecular flexibility index (Phi) is 7.74. The molecule has 0 aliphatic rings. The van der Waals surface area contributed by atoms with Crippen molar-refractivity contribution in [1.29, 1.82) is 0 Å². The van der Waals surface area contributed by atoms with E-state index in [9.17, 15) is 14.4 Å². The summed E-state index contributed by atoms with van der Waals surface area (Å²) >= 11 is 0. The van der Waals surface area contributed by atoms with Gasteiger partial charge in [-0.1, -0.05) is 38.5 Å². The zero-order chi connectivity index (χ0) is 21.6. The molecule has 1 heterocycles. The number of nitrogens with two attached hydrogens (primary N) is 1. The zero-order valence-corrected chi connectivity index (χ0v) is 16.5. The summed E-state index contributed by atoms with van der Waals surface area (Å²) in [6.45, 7) is 2.87. The van der Waals surface area contributed by atoms with Gasteiger partial charge in [-0.05, 0) is 24.0 Å². The number of carboxylic acids is 1. The summed E-state index contributed by atoms with van der Waals surface area (Å²) in [6, 6.07) is 4.37. The van der Waals surface area contributed by atoms with Gasteiger partial charge in [-0.3, -0.25) is 9.59 Å².